The highest BCUT2D eigenvalue weighted by Gasteiger charge is 2.03. The predicted molar refractivity (Wildman–Crippen MR) is 152 cm³/mol. The zero-order chi connectivity index (χ0) is 27.2. The van der Waals surface area contributed by atoms with Crippen LogP contribution in [0, 0.1) is 10.1 Å². The molecule has 0 unspecified atom stereocenters. The molecule has 0 saturated heterocycles. The molecule has 0 spiro atoms. The third kappa shape index (κ3) is 9.85. The molecule has 0 amide bonds. The quantitative estimate of drug-likeness (QED) is 0.0422. The van der Waals surface area contributed by atoms with Gasteiger partial charge in [-0.2, -0.15) is 0 Å². The number of hydrogen-bond acceptors (Lipinski definition) is 6. The minimum Gasteiger partial charge on any atom is -0.494 e. The van der Waals surface area contributed by atoms with E-state index in [0.29, 0.717) is 18.8 Å². The number of nitrogens with zero attached hydrogens (tertiary/aromatic N) is 2. The Kier molecular flexibility index (Phi) is 11.0. The van der Waals surface area contributed by atoms with Crippen LogP contribution in [0.15, 0.2) is 89.9 Å². The molecule has 3 rings (SSSR count). The zero-order valence-electron chi connectivity index (χ0n) is 21.5. The Balaban J connectivity index is 1.37. The Hall–Kier alpha value is -4.52. The standard InChI is InChI=1S/C31H32N2O5/c1-24(2)31(34)38-22-6-4-3-5-21-37-30-19-13-27(14-20-30)23-32-28-15-9-25(10-16-28)7-8-26-11-17-29(18-12-26)33(35)36/h7-20,23H,1,3-6,21-22H2,2H3/b8-7+,32-23?. The molecule has 0 radical (unpaired) electrons. The van der Waals surface area contributed by atoms with Gasteiger partial charge in [0.15, 0.2) is 0 Å². The molecule has 0 saturated carbocycles. The number of nitro benzene ring substituents is 1. The third-order valence-electron chi connectivity index (χ3n) is 5.60. The highest BCUT2D eigenvalue weighted by Crippen LogP contribution is 2.18. The maximum absolute atomic E-state index is 11.3. The van der Waals surface area contributed by atoms with Gasteiger partial charge in [-0.05, 0) is 97.8 Å². The number of nitro groups is 1. The molecule has 0 aliphatic carbocycles. The lowest BCUT2D eigenvalue weighted by Crippen LogP contribution is -2.06. The van der Waals surface area contributed by atoms with E-state index in [-0.39, 0.29) is 11.7 Å². The summed E-state index contributed by atoms with van der Waals surface area (Å²) in [7, 11) is 0. The molecule has 0 heterocycles. The predicted octanol–water partition coefficient (Wildman–Crippen LogP) is 7.57. The van der Waals surface area contributed by atoms with Crippen molar-refractivity contribution in [3.8, 4) is 5.75 Å². The van der Waals surface area contributed by atoms with Crippen molar-refractivity contribution in [2.45, 2.75) is 32.6 Å². The molecule has 0 aliphatic rings. The zero-order valence-corrected chi connectivity index (χ0v) is 21.5. The summed E-state index contributed by atoms with van der Waals surface area (Å²) in [5.74, 6) is 0.493. The fraction of sp³-hybridized carbons (Fsp3) is 0.226. The molecule has 7 heteroatoms. The van der Waals surface area contributed by atoms with Gasteiger partial charge < -0.3 is 9.47 Å². The van der Waals surface area contributed by atoms with E-state index < -0.39 is 4.92 Å². The third-order valence-corrected chi connectivity index (χ3v) is 5.60. The van der Waals surface area contributed by atoms with Crippen LogP contribution in [-0.4, -0.2) is 30.3 Å². The van der Waals surface area contributed by atoms with Crippen molar-refractivity contribution in [3.05, 3.63) is 112 Å². The van der Waals surface area contributed by atoms with Gasteiger partial charge in [-0.25, -0.2) is 4.79 Å². The number of unbranched alkanes of at least 4 members (excludes halogenated alkanes) is 3. The smallest absolute Gasteiger partial charge is 0.333 e. The number of benzene rings is 3. The Morgan fingerprint density at radius 3 is 1.97 bits per heavy atom. The summed E-state index contributed by atoms with van der Waals surface area (Å²) in [5, 5.41) is 10.8. The van der Waals surface area contributed by atoms with E-state index >= 15 is 0 Å². The van der Waals surface area contributed by atoms with Gasteiger partial charge in [-0.15, -0.1) is 0 Å². The summed E-state index contributed by atoms with van der Waals surface area (Å²) in [5.41, 5.74) is 4.22. The SMILES string of the molecule is C=C(C)C(=O)OCCCCCCOc1ccc(C=Nc2ccc(/C=C/c3ccc([N+](=O)[O-])cc3)cc2)cc1. The lowest BCUT2D eigenvalue weighted by molar-refractivity contribution is -0.384. The first-order valence-electron chi connectivity index (χ1n) is 12.5. The van der Waals surface area contributed by atoms with Crippen molar-refractivity contribution in [2.24, 2.45) is 4.99 Å². The highest BCUT2D eigenvalue weighted by molar-refractivity contribution is 5.86. The average Bonchev–Trinajstić information content (AvgIpc) is 2.93. The molecule has 0 atom stereocenters. The van der Waals surface area contributed by atoms with E-state index in [1.165, 1.54) is 12.1 Å². The Morgan fingerprint density at radius 2 is 1.39 bits per heavy atom. The van der Waals surface area contributed by atoms with Gasteiger partial charge in [-0.1, -0.05) is 30.9 Å². The van der Waals surface area contributed by atoms with Crippen LogP contribution in [0.25, 0.3) is 12.2 Å². The van der Waals surface area contributed by atoms with E-state index in [2.05, 4.69) is 11.6 Å². The minimum absolute atomic E-state index is 0.0792. The molecule has 0 N–H and O–H groups in total. The first-order valence-corrected chi connectivity index (χ1v) is 12.5. The molecule has 3 aromatic rings. The van der Waals surface area contributed by atoms with E-state index in [1.807, 2.05) is 66.9 Å². The summed E-state index contributed by atoms with van der Waals surface area (Å²) >= 11 is 0. The molecule has 0 aliphatic heterocycles. The van der Waals surface area contributed by atoms with Crippen molar-refractivity contribution in [1.29, 1.82) is 0 Å². The Bertz CT molecular complexity index is 1260. The lowest BCUT2D eigenvalue weighted by atomic mass is 10.1. The van der Waals surface area contributed by atoms with Crippen molar-refractivity contribution >= 4 is 35.7 Å². The molecule has 0 fully saturated rings. The minimum atomic E-state index is -0.407. The number of ether oxygens (including phenoxy) is 2. The maximum atomic E-state index is 11.3. The van der Waals surface area contributed by atoms with Crippen LogP contribution < -0.4 is 4.74 Å². The van der Waals surface area contributed by atoms with Gasteiger partial charge in [0.1, 0.15) is 5.75 Å². The number of esters is 1. The van der Waals surface area contributed by atoms with Crippen LogP contribution in [0.3, 0.4) is 0 Å². The van der Waals surface area contributed by atoms with E-state index in [4.69, 9.17) is 9.47 Å². The summed E-state index contributed by atoms with van der Waals surface area (Å²) in [4.78, 5) is 26.2. The summed E-state index contributed by atoms with van der Waals surface area (Å²) in [6.45, 7) is 6.28. The fourth-order valence-corrected chi connectivity index (χ4v) is 3.41. The monoisotopic (exact) mass is 512 g/mol. The van der Waals surface area contributed by atoms with Crippen LogP contribution in [0.2, 0.25) is 0 Å². The van der Waals surface area contributed by atoms with Crippen molar-refractivity contribution in [1.82, 2.24) is 0 Å². The molecule has 3 aromatic carbocycles. The number of non-ortho nitro benzene ring substituents is 1. The van der Waals surface area contributed by atoms with Crippen molar-refractivity contribution < 1.29 is 19.2 Å². The Morgan fingerprint density at radius 1 is 0.842 bits per heavy atom. The second-order valence-electron chi connectivity index (χ2n) is 8.78. The van der Waals surface area contributed by atoms with E-state index in [9.17, 15) is 14.9 Å². The van der Waals surface area contributed by atoms with Crippen molar-refractivity contribution in [2.75, 3.05) is 13.2 Å². The van der Waals surface area contributed by atoms with Crippen LogP contribution >= 0.6 is 0 Å². The second-order valence-corrected chi connectivity index (χ2v) is 8.78. The first-order chi connectivity index (χ1) is 18.4. The fourth-order valence-electron chi connectivity index (χ4n) is 3.41. The number of hydrogen-bond donors (Lipinski definition) is 0. The van der Waals surface area contributed by atoms with E-state index in [1.54, 1.807) is 19.1 Å². The van der Waals surface area contributed by atoms with Crippen LogP contribution in [0.4, 0.5) is 11.4 Å². The van der Waals surface area contributed by atoms with Crippen molar-refractivity contribution in [3.63, 3.8) is 0 Å². The molecule has 0 aromatic heterocycles. The number of rotatable bonds is 14. The summed E-state index contributed by atoms with van der Waals surface area (Å²) < 4.78 is 10.9. The molecule has 196 valence electrons. The molecular formula is C31H32N2O5. The normalized spacial score (nSPS) is 11.1. The van der Waals surface area contributed by atoms with Gasteiger partial charge in [-0.3, -0.25) is 15.1 Å². The van der Waals surface area contributed by atoms with Crippen LogP contribution in [0.1, 0.15) is 49.3 Å². The topological polar surface area (TPSA) is 91.0 Å². The number of aliphatic imine (C=N–C) groups is 1. The van der Waals surface area contributed by atoms with E-state index in [0.717, 1.165) is 53.8 Å². The molecule has 38 heavy (non-hydrogen) atoms. The molecule has 0 bridgehead atoms. The van der Waals surface area contributed by atoms with Gasteiger partial charge in [0.25, 0.3) is 5.69 Å². The van der Waals surface area contributed by atoms with Gasteiger partial charge >= 0.3 is 5.97 Å². The molecule has 7 nitrogen and oxygen atoms in total. The average molecular weight is 513 g/mol. The number of carbonyl (C=O) groups excluding carboxylic acids is 1. The highest BCUT2D eigenvalue weighted by atomic mass is 16.6. The van der Waals surface area contributed by atoms with Gasteiger partial charge in [0.05, 0.1) is 23.8 Å². The van der Waals surface area contributed by atoms with Crippen LogP contribution in [-0.2, 0) is 9.53 Å². The Labute approximate surface area is 223 Å². The largest absolute Gasteiger partial charge is 0.494 e. The van der Waals surface area contributed by atoms with Gasteiger partial charge in [0, 0.05) is 23.9 Å². The maximum Gasteiger partial charge on any atom is 0.333 e. The second kappa shape index (κ2) is 14.9. The lowest BCUT2D eigenvalue weighted by Gasteiger charge is -2.07. The number of carbonyl (C=O) groups is 1. The van der Waals surface area contributed by atoms with Crippen LogP contribution in [0.5, 0.6) is 5.75 Å². The summed E-state index contributed by atoms with van der Waals surface area (Å²) in [6.07, 6.45) is 9.46. The summed E-state index contributed by atoms with van der Waals surface area (Å²) in [6, 6.07) is 22.1. The van der Waals surface area contributed by atoms with Gasteiger partial charge in [0.2, 0.25) is 0 Å². The molecular weight excluding hydrogens is 480 g/mol. The first kappa shape index (κ1) is 28.1.